The fourth-order valence-electron chi connectivity index (χ4n) is 1.54. The molecule has 2 rings (SSSR count). The van der Waals surface area contributed by atoms with Crippen molar-refractivity contribution >= 4 is 18.5 Å². The Hall–Kier alpha value is -0.390. The summed E-state index contributed by atoms with van der Waals surface area (Å²) < 4.78 is 0. The number of hydrogen-bond donors (Lipinski definition) is 0. The molecule has 0 bridgehead atoms. The van der Waals surface area contributed by atoms with Crippen molar-refractivity contribution in [1.29, 1.82) is 0 Å². The van der Waals surface area contributed by atoms with E-state index in [0.29, 0.717) is 0 Å². The Balaban J connectivity index is -0.000000562. The summed E-state index contributed by atoms with van der Waals surface area (Å²) >= 11 is 0. The van der Waals surface area contributed by atoms with Crippen molar-refractivity contribution in [2.45, 2.75) is 0 Å². The fourth-order valence-corrected chi connectivity index (χ4v) is 3.26. The Kier molecular flexibility index (Phi) is 14.8. The second-order valence-electron chi connectivity index (χ2n) is 3.36. The van der Waals surface area contributed by atoms with Crippen LogP contribution < -0.4 is 10.6 Å². The van der Waals surface area contributed by atoms with Crippen LogP contribution in [-0.2, 0) is 22.4 Å². The third-order valence-corrected chi connectivity index (χ3v) is 4.81. The molecular weight excluding hydrogens is 420 g/mol. The van der Waals surface area contributed by atoms with Crippen LogP contribution in [0.25, 0.3) is 0 Å². The molecule has 0 fully saturated rings. The first-order valence-corrected chi connectivity index (χ1v) is 6.82. The molecule has 0 aliphatic rings. The van der Waals surface area contributed by atoms with Crippen LogP contribution in [0.1, 0.15) is 0 Å². The summed E-state index contributed by atoms with van der Waals surface area (Å²) in [6.07, 6.45) is 0. The number of hydrogen-bond acceptors (Lipinski definition) is 0. The van der Waals surface area contributed by atoms with E-state index < -0.39 is 7.92 Å². The Labute approximate surface area is 130 Å². The summed E-state index contributed by atoms with van der Waals surface area (Å²) in [5.74, 6) is 0. The van der Waals surface area contributed by atoms with E-state index >= 15 is 0 Å². The maximum Gasteiger partial charge on any atom is 0.0964 e. The molecule has 0 nitrogen and oxygen atoms in total. The molecule has 0 saturated heterocycles. The van der Waals surface area contributed by atoms with Crippen molar-refractivity contribution in [2.75, 3.05) is 6.66 Å². The van der Waals surface area contributed by atoms with Gasteiger partial charge in [0.1, 0.15) is 0 Å². The Morgan fingerprint density at radius 2 is 0.889 bits per heavy atom. The molecule has 0 saturated carbocycles. The molecule has 2 heteroatoms. The Morgan fingerprint density at radius 1 is 0.611 bits per heavy atom. The minimum absolute atomic E-state index is 0. The van der Waals surface area contributed by atoms with Crippen LogP contribution in [0, 0.1) is 22.3 Å². The Morgan fingerprint density at radius 3 is 1.17 bits per heavy atom. The van der Waals surface area contributed by atoms with Crippen molar-refractivity contribution in [3.63, 3.8) is 0 Å². The molecule has 2 aromatic rings. The molecular formula is C16H23AuP-2. The van der Waals surface area contributed by atoms with E-state index in [2.05, 4.69) is 67.3 Å². The second kappa shape index (κ2) is 11.7. The van der Waals surface area contributed by atoms with Gasteiger partial charge in [-0.25, -0.2) is 0 Å². The first-order valence-electron chi connectivity index (χ1n) is 4.82. The summed E-state index contributed by atoms with van der Waals surface area (Å²) in [6, 6.07) is 21.5. The predicted octanol–water partition coefficient (Wildman–Crippen LogP) is 3.83. The van der Waals surface area contributed by atoms with Crippen LogP contribution in [0.15, 0.2) is 60.7 Å². The standard InChI is InChI=1S/C13H13P.3CH3.Au/c1-14(12-8-4-2-5-9-12)13-10-6-3-7-11-13;;;;/h2-11H,1H3;3*1H3;/q;3*-1;/p+1. The van der Waals surface area contributed by atoms with Gasteiger partial charge >= 0.3 is 0 Å². The molecule has 0 aromatic heterocycles. The SMILES string of the molecule is C[PH+](c1ccccc1)c1ccccc1.[Au].[CH3-].[CH3-].[CH3-]. The zero-order chi connectivity index (χ0) is 9.80. The molecule has 18 heavy (non-hydrogen) atoms. The van der Waals surface area contributed by atoms with Crippen LogP contribution in [-0.4, -0.2) is 6.66 Å². The van der Waals surface area contributed by atoms with E-state index in [-0.39, 0.29) is 44.7 Å². The summed E-state index contributed by atoms with van der Waals surface area (Å²) in [5.41, 5.74) is 0. The van der Waals surface area contributed by atoms with Gasteiger partial charge in [-0.3, -0.25) is 0 Å². The van der Waals surface area contributed by atoms with E-state index in [4.69, 9.17) is 0 Å². The zero-order valence-corrected chi connectivity index (χ0v) is 14.7. The maximum absolute atomic E-state index is 2.34. The van der Waals surface area contributed by atoms with E-state index in [0.717, 1.165) is 0 Å². The van der Waals surface area contributed by atoms with Crippen LogP contribution in [0.5, 0.6) is 0 Å². The van der Waals surface area contributed by atoms with Gasteiger partial charge in [0, 0.05) is 22.4 Å². The van der Waals surface area contributed by atoms with Crippen LogP contribution in [0.3, 0.4) is 0 Å². The molecule has 2 aromatic carbocycles. The largest absolute Gasteiger partial charge is 0.358 e. The molecule has 0 unspecified atom stereocenters. The van der Waals surface area contributed by atoms with Gasteiger partial charge < -0.3 is 22.3 Å². The third kappa shape index (κ3) is 5.98. The van der Waals surface area contributed by atoms with Crippen LogP contribution >= 0.6 is 7.92 Å². The zero-order valence-electron chi connectivity index (χ0n) is 11.6. The van der Waals surface area contributed by atoms with Gasteiger partial charge in [0.05, 0.1) is 25.2 Å². The van der Waals surface area contributed by atoms with Crippen molar-refractivity contribution in [3.8, 4) is 0 Å². The molecule has 0 aliphatic heterocycles. The summed E-state index contributed by atoms with van der Waals surface area (Å²) in [4.78, 5) is 0. The molecule has 105 valence electrons. The van der Waals surface area contributed by atoms with Crippen molar-refractivity contribution < 1.29 is 22.4 Å². The molecule has 0 aliphatic carbocycles. The van der Waals surface area contributed by atoms with Crippen molar-refractivity contribution in [1.82, 2.24) is 0 Å². The summed E-state index contributed by atoms with van der Waals surface area (Å²) in [7, 11) is -0.545. The van der Waals surface area contributed by atoms with Gasteiger partial charge in [-0.2, -0.15) is 0 Å². The molecule has 1 radical (unpaired) electrons. The maximum atomic E-state index is 2.34. The molecule has 0 atom stereocenters. The minimum atomic E-state index is -0.545. The van der Waals surface area contributed by atoms with E-state index in [9.17, 15) is 0 Å². The fraction of sp³-hybridized carbons (Fsp3) is 0.0625. The smallest absolute Gasteiger partial charge is 0.0964 e. The average Bonchev–Trinajstić information content (AvgIpc) is 2.30. The van der Waals surface area contributed by atoms with Gasteiger partial charge in [-0.15, -0.1) is 0 Å². The molecule has 0 heterocycles. The minimum Gasteiger partial charge on any atom is -0.358 e. The molecule has 0 N–H and O–H groups in total. The summed E-state index contributed by atoms with van der Waals surface area (Å²) in [5, 5.41) is 2.95. The third-order valence-electron chi connectivity index (χ3n) is 2.41. The monoisotopic (exact) mass is 443 g/mol. The second-order valence-corrected chi connectivity index (χ2v) is 5.76. The first-order chi connectivity index (χ1) is 6.88. The summed E-state index contributed by atoms with van der Waals surface area (Å²) in [6.45, 7) is 2.34. The van der Waals surface area contributed by atoms with E-state index in [1.807, 2.05) is 0 Å². The van der Waals surface area contributed by atoms with Crippen molar-refractivity contribution in [2.24, 2.45) is 0 Å². The quantitative estimate of drug-likeness (QED) is 0.376. The van der Waals surface area contributed by atoms with Crippen molar-refractivity contribution in [3.05, 3.63) is 82.9 Å². The van der Waals surface area contributed by atoms with Gasteiger partial charge in [0.25, 0.3) is 0 Å². The van der Waals surface area contributed by atoms with Crippen LogP contribution in [0.4, 0.5) is 0 Å². The van der Waals surface area contributed by atoms with Gasteiger partial charge in [0.2, 0.25) is 0 Å². The topological polar surface area (TPSA) is 0 Å². The molecule has 0 spiro atoms. The number of benzene rings is 2. The Bertz CT molecular complexity index is 347. The van der Waals surface area contributed by atoms with Gasteiger partial charge in [0.15, 0.2) is 0 Å². The van der Waals surface area contributed by atoms with Crippen LogP contribution in [0.2, 0.25) is 0 Å². The van der Waals surface area contributed by atoms with Gasteiger partial charge in [-0.1, -0.05) is 36.4 Å². The predicted molar refractivity (Wildman–Crippen MR) is 85.6 cm³/mol. The average molecular weight is 443 g/mol. The molecule has 0 amide bonds. The van der Waals surface area contributed by atoms with E-state index in [1.54, 1.807) is 0 Å². The van der Waals surface area contributed by atoms with E-state index in [1.165, 1.54) is 10.6 Å². The number of rotatable bonds is 2. The van der Waals surface area contributed by atoms with Gasteiger partial charge in [-0.05, 0) is 24.3 Å². The first kappa shape index (κ1) is 22.8. The normalized spacial score (nSPS) is 8.11.